The van der Waals surface area contributed by atoms with Crippen LogP contribution in [0.1, 0.15) is 38.2 Å². The summed E-state index contributed by atoms with van der Waals surface area (Å²) in [6, 6.07) is 9.84. The minimum Gasteiger partial charge on any atom is -0.383 e. The van der Waals surface area contributed by atoms with Gasteiger partial charge in [-0.05, 0) is 31.1 Å². The quantitative estimate of drug-likeness (QED) is 0.530. The molecule has 0 aliphatic heterocycles. The van der Waals surface area contributed by atoms with Crippen molar-refractivity contribution in [3.05, 3.63) is 35.9 Å². The van der Waals surface area contributed by atoms with E-state index < -0.39 is 0 Å². The van der Waals surface area contributed by atoms with Gasteiger partial charge in [-0.15, -0.1) is 0 Å². The van der Waals surface area contributed by atoms with Gasteiger partial charge < -0.3 is 10.1 Å². The number of methoxy groups -OCH3 is 1. The summed E-state index contributed by atoms with van der Waals surface area (Å²) in [7, 11) is 1.63. The van der Waals surface area contributed by atoms with Crippen LogP contribution in [0.3, 0.4) is 0 Å². The highest BCUT2D eigenvalue weighted by Crippen LogP contribution is 2.20. The lowest BCUT2D eigenvalue weighted by Gasteiger charge is -2.20. The first-order chi connectivity index (χ1) is 10.6. The van der Waals surface area contributed by atoms with Gasteiger partial charge in [-0.1, -0.05) is 43.7 Å². The van der Waals surface area contributed by atoms with E-state index in [9.17, 15) is 4.79 Å². The molecule has 1 aromatic rings. The molecule has 0 spiro atoms. The molecule has 0 heterocycles. The van der Waals surface area contributed by atoms with Gasteiger partial charge in [0.2, 0.25) is 5.91 Å². The molecule has 3 N–H and O–H groups in total. The third kappa shape index (κ3) is 6.41. The van der Waals surface area contributed by atoms with Crippen LogP contribution in [0.4, 0.5) is 0 Å². The Morgan fingerprint density at radius 1 is 1.27 bits per heavy atom. The van der Waals surface area contributed by atoms with Crippen LogP contribution < -0.4 is 16.2 Å². The van der Waals surface area contributed by atoms with Gasteiger partial charge in [-0.3, -0.25) is 15.6 Å². The van der Waals surface area contributed by atoms with E-state index in [0.717, 1.165) is 18.4 Å². The van der Waals surface area contributed by atoms with Crippen molar-refractivity contribution in [2.75, 3.05) is 13.7 Å². The van der Waals surface area contributed by atoms with Crippen molar-refractivity contribution in [1.82, 2.24) is 16.2 Å². The third-order valence-electron chi connectivity index (χ3n) is 3.19. The molecule has 0 aliphatic carbocycles. The van der Waals surface area contributed by atoms with E-state index in [0.29, 0.717) is 11.7 Å². The lowest BCUT2D eigenvalue weighted by molar-refractivity contribution is -0.123. The molecule has 22 heavy (non-hydrogen) atoms. The Hall–Kier alpha value is -1.66. The van der Waals surface area contributed by atoms with Crippen molar-refractivity contribution < 1.29 is 9.53 Å². The van der Waals surface area contributed by atoms with Gasteiger partial charge in [0.1, 0.15) is 0 Å². The molecule has 5 nitrogen and oxygen atoms in total. The highest BCUT2D eigenvalue weighted by atomic mass is 32.1. The molecule has 0 bridgehead atoms. The second-order valence-corrected chi connectivity index (χ2v) is 5.60. The van der Waals surface area contributed by atoms with Crippen LogP contribution in [0.2, 0.25) is 0 Å². The molecule has 0 radical (unpaired) electrons. The van der Waals surface area contributed by atoms with Crippen LogP contribution in [0.25, 0.3) is 0 Å². The fourth-order valence-corrected chi connectivity index (χ4v) is 2.43. The van der Waals surface area contributed by atoms with Crippen molar-refractivity contribution in [3.8, 4) is 0 Å². The number of rotatable bonds is 7. The summed E-state index contributed by atoms with van der Waals surface area (Å²) in [6.45, 7) is 4.55. The van der Waals surface area contributed by atoms with Gasteiger partial charge in [-0.2, -0.15) is 0 Å². The Bertz CT molecular complexity index is 468. The summed E-state index contributed by atoms with van der Waals surface area (Å²) in [5.41, 5.74) is 6.43. The van der Waals surface area contributed by atoms with Crippen LogP contribution >= 0.6 is 12.2 Å². The highest BCUT2D eigenvalue weighted by molar-refractivity contribution is 7.80. The van der Waals surface area contributed by atoms with Crippen LogP contribution in [0, 0.1) is 0 Å². The molecule has 0 unspecified atom stereocenters. The zero-order chi connectivity index (χ0) is 16.4. The average molecular weight is 323 g/mol. The van der Waals surface area contributed by atoms with Crippen molar-refractivity contribution in [2.45, 2.75) is 38.6 Å². The molecule has 1 rings (SSSR count). The topological polar surface area (TPSA) is 62.4 Å². The number of hydrazine groups is 1. The predicted octanol–water partition coefficient (Wildman–Crippen LogP) is 2.10. The van der Waals surface area contributed by atoms with Crippen molar-refractivity contribution >= 4 is 23.2 Å². The fraction of sp³-hybridized carbons (Fsp3) is 0.500. The van der Waals surface area contributed by atoms with Crippen molar-refractivity contribution in [2.24, 2.45) is 0 Å². The number of carbonyl (C=O) groups excluding carboxylic acids is 1. The second-order valence-electron chi connectivity index (χ2n) is 5.20. The summed E-state index contributed by atoms with van der Waals surface area (Å²) in [6.07, 6.45) is 1.72. The predicted molar refractivity (Wildman–Crippen MR) is 92.4 cm³/mol. The first-order valence-corrected chi connectivity index (χ1v) is 7.89. The number of thiocarbonyl (C=S) groups is 1. The number of nitrogens with one attached hydrogen (secondary N) is 3. The Morgan fingerprint density at radius 2 is 1.95 bits per heavy atom. The Balaban J connectivity index is 2.52. The van der Waals surface area contributed by atoms with Gasteiger partial charge in [-0.25, -0.2) is 0 Å². The molecule has 0 saturated carbocycles. The summed E-state index contributed by atoms with van der Waals surface area (Å²) in [4.78, 5) is 12.4. The van der Waals surface area contributed by atoms with E-state index in [1.807, 2.05) is 37.3 Å². The van der Waals surface area contributed by atoms with E-state index >= 15 is 0 Å². The van der Waals surface area contributed by atoms with E-state index in [4.69, 9.17) is 17.0 Å². The molecule has 122 valence electrons. The molecular weight excluding hydrogens is 298 g/mol. The number of amides is 1. The lowest BCUT2D eigenvalue weighted by Crippen LogP contribution is -2.51. The maximum absolute atomic E-state index is 12.4. The number of carbonyl (C=O) groups is 1. The number of ether oxygens (including phenoxy) is 1. The fourth-order valence-electron chi connectivity index (χ4n) is 2.18. The molecule has 6 heteroatoms. The smallest absolute Gasteiger partial charge is 0.245 e. The largest absolute Gasteiger partial charge is 0.383 e. The Labute approximate surface area is 137 Å². The lowest BCUT2D eigenvalue weighted by atomic mass is 9.94. The molecule has 1 aromatic carbocycles. The number of hydrogen-bond donors (Lipinski definition) is 3. The van der Waals surface area contributed by atoms with Gasteiger partial charge in [0.15, 0.2) is 5.11 Å². The molecule has 0 aromatic heterocycles. The minimum atomic E-state index is -0.183. The van der Waals surface area contributed by atoms with Crippen LogP contribution in [-0.2, 0) is 9.53 Å². The van der Waals surface area contributed by atoms with Gasteiger partial charge in [0.05, 0.1) is 12.5 Å². The zero-order valence-corrected chi connectivity index (χ0v) is 14.2. The maximum Gasteiger partial charge on any atom is 0.245 e. The SMILES string of the molecule is CCC[C@H](C(=O)NNC(=S)N[C@H](C)COC)c1ccccc1. The summed E-state index contributed by atoms with van der Waals surface area (Å²) in [5.74, 6) is -0.269. The van der Waals surface area contributed by atoms with Crippen LogP contribution in [0.5, 0.6) is 0 Å². The van der Waals surface area contributed by atoms with E-state index in [2.05, 4.69) is 23.1 Å². The minimum absolute atomic E-state index is 0.0717. The first-order valence-electron chi connectivity index (χ1n) is 7.48. The Morgan fingerprint density at radius 3 is 2.55 bits per heavy atom. The maximum atomic E-state index is 12.4. The molecule has 0 fully saturated rings. The number of benzene rings is 1. The van der Waals surface area contributed by atoms with Gasteiger partial charge in [0.25, 0.3) is 0 Å². The third-order valence-corrected chi connectivity index (χ3v) is 3.41. The van der Waals surface area contributed by atoms with E-state index in [1.54, 1.807) is 7.11 Å². The van der Waals surface area contributed by atoms with E-state index in [1.165, 1.54) is 0 Å². The normalized spacial score (nSPS) is 13.0. The summed E-state index contributed by atoms with van der Waals surface area (Å²) >= 11 is 5.14. The monoisotopic (exact) mass is 323 g/mol. The zero-order valence-electron chi connectivity index (χ0n) is 13.4. The molecule has 0 aliphatic rings. The average Bonchev–Trinajstić information content (AvgIpc) is 2.51. The van der Waals surface area contributed by atoms with Crippen LogP contribution in [0.15, 0.2) is 30.3 Å². The number of hydrogen-bond acceptors (Lipinski definition) is 3. The summed E-state index contributed by atoms with van der Waals surface area (Å²) < 4.78 is 5.02. The molecular formula is C16H25N3O2S. The van der Waals surface area contributed by atoms with Crippen LogP contribution in [-0.4, -0.2) is 30.8 Å². The van der Waals surface area contributed by atoms with Gasteiger partial charge >= 0.3 is 0 Å². The highest BCUT2D eigenvalue weighted by Gasteiger charge is 2.19. The Kier molecular flexibility index (Phi) is 8.47. The van der Waals surface area contributed by atoms with Crippen molar-refractivity contribution in [3.63, 3.8) is 0 Å². The molecule has 2 atom stereocenters. The standard InChI is InChI=1S/C16H25N3O2S/c1-4-8-14(13-9-6-5-7-10-13)15(20)18-19-16(22)17-12(2)11-21-3/h5-7,9-10,12,14H,4,8,11H2,1-3H3,(H,18,20)(H2,17,19,22)/t12-,14+/m1/s1. The van der Waals surface area contributed by atoms with Gasteiger partial charge in [0, 0.05) is 13.2 Å². The van der Waals surface area contributed by atoms with Crippen molar-refractivity contribution in [1.29, 1.82) is 0 Å². The van der Waals surface area contributed by atoms with E-state index in [-0.39, 0.29) is 17.9 Å². The summed E-state index contributed by atoms with van der Waals surface area (Å²) in [5, 5.41) is 3.40. The molecule has 1 amide bonds. The molecule has 0 saturated heterocycles. The second kappa shape index (κ2) is 10.1. The first kappa shape index (κ1) is 18.4.